The molecule has 0 aliphatic heterocycles. The second kappa shape index (κ2) is 8.42. The third-order valence-electron chi connectivity index (χ3n) is 11.4. The summed E-state index contributed by atoms with van der Waals surface area (Å²) >= 11 is 14.7. The fourth-order valence-corrected chi connectivity index (χ4v) is 10.2. The number of rotatable bonds is 2. The summed E-state index contributed by atoms with van der Waals surface area (Å²) in [6.07, 6.45) is 24.0. The maximum Gasteiger partial charge on any atom is 0.129 e. The van der Waals surface area contributed by atoms with Gasteiger partial charge in [-0.2, -0.15) is 0 Å². The number of hydrogen-bond donors (Lipinski definition) is 0. The molecule has 0 aromatic rings. The molecule has 0 amide bonds. The normalized spacial score (nSPS) is 51.6. The zero-order chi connectivity index (χ0) is 21.0. The predicted octanol–water partition coefficient (Wildman–Crippen LogP) is 9.57. The van der Waals surface area contributed by atoms with Crippen LogP contribution in [-0.4, -0.2) is 4.33 Å². The highest BCUT2D eigenvalue weighted by molar-refractivity contribution is 6.50. The highest BCUT2D eigenvalue weighted by Gasteiger charge is 2.72. The molecule has 5 aliphatic carbocycles. The summed E-state index contributed by atoms with van der Waals surface area (Å²) in [6.45, 7) is 4.89. The van der Waals surface area contributed by atoms with Crippen molar-refractivity contribution in [1.82, 2.24) is 0 Å². The quantitative estimate of drug-likeness (QED) is 0.365. The van der Waals surface area contributed by atoms with Gasteiger partial charge in [0, 0.05) is 10.8 Å². The van der Waals surface area contributed by atoms with Crippen molar-refractivity contribution in [3.8, 4) is 0 Å². The second-order valence-corrected chi connectivity index (χ2v) is 14.4. The van der Waals surface area contributed by atoms with Crippen LogP contribution in [0.25, 0.3) is 0 Å². The minimum atomic E-state index is -0.446. The molecule has 0 radical (unpaired) electrons. The lowest BCUT2D eigenvalue weighted by Gasteiger charge is -2.69. The van der Waals surface area contributed by atoms with Gasteiger partial charge in [-0.3, -0.25) is 0 Å². The van der Waals surface area contributed by atoms with Crippen molar-refractivity contribution in [2.45, 2.75) is 127 Å². The van der Waals surface area contributed by atoms with Crippen molar-refractivity contribution < 1.29 is 0 Å². The molecule has 0 N–H and O–H groups in total. The van der Waals surface area contributed by atoms with E-state index in [1.54, 1.807) is 0 Å². The zero-order valence-electron chi connectivity index (χ0n) is 19.7. The van der Waals surface area contributed by atoms with Gasteiger partial charge in [0.25, 0.3) is 0 Å². The molecule has 0 saturated heterocycles. The highest BCUT2D eigenvalue weighted by atomic mass is 35.5. The van der Waals surface area contributed by atoms with Crippen molar-refractivity contribution in [3.63, 3.8) is 0 Å². The molecule has 0 nitrogen and oxygen atoms in total. The van der Waals surface area contributed by atoms with Gasteiger partial charge >= 0.3 is 0 Å². The molecular weight excluding hydrogens is 407 g/mol. The molecule has 0 heterocycles. The summed E-state index contributed by atoms with van der Waals surface area (Å²) in [6, 6.07) is 0. The van der Waals surface area contributed by atoms with E-state index in [1.165, 1.54) is 109 Å². The molecule has 172 valence electrons. The van der Waals surface area contributed by atoms with Gasteiger partial charge in [-0.05, 0) is 119 Å². The smallest absolute Gasteiger partial charge is 0.100 e. The first-order valence-electron chi connectivity index (χ1n) is 13.7. The van der Waals surface area contributed by atoms with E-state index < -0.39 is 4.33 Å². The van der Waals surface area contributed by atoms with E-state index in [-0.39, 0.29) is 10.8 Å². The van der Waals surface area contributed by atoms with Crippen LogP contribution in [0.1, 0.15) is 123 Å². The van der Waals surface area contributed by atoms with Crippen LogP contribution in [0.5, 0.6) is 0 Å². The standard InChI is InChI=1S/C28H46Cl2/c1-20-3-7-22(8-4-20)24-11-15-26(16-12-24)19-27(28(26,29)30)17-13-25(14-18-27)23-9-5-21(2)6-10-23/h20-25H,3-19H2,1-2H3. The SMILES string of the molecule is CC1CCC(C2CCC3(CC2)CC2(CCC(C4CCC(C)CC4)CC2)C3(Cl)Cl)CC1. The van der Waals surface area contributed by atoms with Crippen molar-refractivity contribution >= 4 is 23.2 Å². The number of halogens is 2. The summed E-state index contributed by atoms with van der Waals surface area (Å²) < 4.78 is -0.446. The Labute approximate surface area is 196 Å². The van der Waals surface area contributed by atoms with E-state index in [1.807, 2.05) is 0 Å². The van der Waals surface area contributed by atoms with Gasteiger partial charge in [0.2, 0.25) is 0 Å². The van der Waals surface area contributed by atoms with Gasteiger partial charge in [0.05, 0.1) is 0 Å². The largest absolute Gasteiger partial charge is 0.129 e. The Hall–Kier alpha value is 0.580. The molecule has 30 heavy (non-hydrogen) atoms. The highest BCUT2D eigenvalue weighted by Crippen LogP contribution is 2.77. The Kier molecular flexibility index (Phi) is 6.28. The van der Waals surface area contributed by atoms with Crippen molar-refractivity contribution in [1.29, 1.82) is 0 Å². The molecule has 0 aromatic heterocycles. The van der Waals surface area contributed by atoms with Crippen LogP contribution in [0.4, 0.5) is 0 Å². The van der Waals surface area contributed by atoms with Crippen molar-refractivity contribution in [3.05, 3.63) is 0 Å². The van der Waals surface area contributed by atoms with Gasteiger partial charge in [0.15, 0.2) is 0 Å². The van der Waals surface area contributed by atoms with E-state index >= 15 is 0 Å². The van der Waals surface area contributed by atoms with Gasteiger partial charge in [0.1, 0.15) is 4.33 Å². The molecule has 0 unspecified atom stereocenters. The van der Waals surface area contributed by atoms with Crippen molar-refractivity contribution in [2.75, 3.05) is 0 Å². The summed E-state index contributed by atoms with van der Waals surface area (Å²) in [7, 11) is 0. The Morgan fingerprint density at radius 1 is 0.467 bits per heavy atom. The van der Waals surface area contributed by atoms with Crippen LogP contribution in [0, 0.1) is 46.3 Å². The minimum absolute atomic E-state index is 0.252. The average Bonchev–Trinajstić information content (AvgIpc) is 2.76. The molecule has 0 atom stereocenters. The molecule has 5 saturated carbocycles. The molecule has 5 rings (SSSR count). The fourth-order valence-electron chi connectivity index (χ4n) is 9.15. The van der Waals surface area contributed by atoms with Gasteiger partial charge in [-0.25, -0.2) is 0 Å². The van der Waals surface area contributed by atoms with Crippen LogP contribution in [0.2, 0.25) is 0 Å². The van der Waals surface area contributed by atoms with Gasteiger partial charge < -0.3 is 0 Å². The van der Waals surface area contributed by atoms with Gasteiger partial charge in [-0.1, -0.05) is 39.5 Å². The van der Waals surface area contributed by atoms with Crippen LogP contribution in [0.3, 0.4) is 0 Å². The molecule has 5 aliphatic rings. The summed E-state index contributed by atoms with van der Waals surface area (Å²) in [5.41, 5.74) is 0.503. The Morgan fingerprint density at radius 3 is 1.07 bits per heavy atom. The topological polar surface area (TPSA) is 0 Å². The van der Waals surface area contributed by atoms with Crippen molar-refractivity contribution in [2.24, 2.45) is 46.3 Å². The third kappa shape index (κ3) is 3.71. The van der Waals surface area contributed by atoms with Crippen LogP contribution < -0.4 is 0 Å². The summed E-state index contributed by atoms with van der Waals surface area (Å²) in [5, 5.41) is 0. The summed E-state index contributed by atoms with van der Waals surface area (Å²) in [5.74, 6) is 5.87. The maximum atomic E-state index is 7.35. The third-order valence-corrected chi connectivity index (χ3v) is 13.0. The zero-order valence-corrected chi connectivity index (χ0v) is 21.3. The minimum Gasteiger partial charge on any atom is -0.100 e. The Balaban J connectivity index is 1.15. The molecule has 5 fully saturated rings. The summed E-state index contributed by atoms with van der Waals surface area (Å²) in [4.78, 5) is 0. The number of alkyl halides is 2. The predicted molar refractivity (Wildman–Crippen MR) is 130 cm³/mol. The van der Waals surface area contributed by atoms with E-state index in [2.05, 4.69) is 13.8 Å². The first-order chi connectivity index (χ1) is 14.3. The van der Waals surface area contributed by atoms with Crippen LogP contribution in [-0.2, 0) is 0 Å². The first kappa shape index (κ1) is 22.4. The average molecular weight is 454 g/mol. The van der Waals surface area contributed by atoms with E-state index in [0.717, 1.165) is 35.5 Å². The van der Waals surface area contributed by atoms with Crippen LogP contribution in [0.15, 0.2) is 0 Å². The monoisotopic (exact) mass is 452 g/mol. The van der Waals surface area contributed by atoms with E-state index in [0.29, 0.717) is 0 Å². The first-order valence-corrected chi connectivity index (χ1v) is 14.5. The Bertz CT molecular complexity index is 528. The number of hydrogen-bond acceptors (Lipinski definition) is 0. The van der Waals surface area contributed by atoms with E-state index in [9.17, 15) is 0 Å². The molecule has 0 bridgehead atoms. The Morgan fingerprint density at radius 2 is 0.767 bits per heavy atom. The lowest BCUT2D eigenvalue weighted by molar-refractivity contribution is -0.122. The fraction of sp³-hybridized carbons (Fsp3) is 1.00. The van der Waals surface area contributed by atoms with E-state index in [4.69, 9.17) is 23.2 Å². The maximum absolute atomic E-state index is 7.35. The lowest BCUT2D eigenvalue weighted by Crippen LogP contribution is -2.66. The van der Waals surface area contributed by atoms with Gasteiger partial charge in [-0.15, -0.1) is 23.2 Å². The lowest BCUT2D eigenvalue weighted by atomic mass is 9.42. The molecule has 2 heteroatoms. The molecular formula is C28H46Cl2. The second-order valence-electron chi connectivity index (χ2n) is 13.0. The molecule has 0 aromatic carbocycles. The molecule has 2 spiro atoms. The van der Waals surface area contributed by atoms with Crippen LogP contribution >= 0.6 is 23.2 Å².